The van der Waals surface area contributed by atoms with E-state index in [0.29, 0.717) is 13.0 Å². The van der Waals surface area contributed by atoms with Gasteiger partial charge in [0.1, 0.15) is 6.04 Å². The second-order valence-electron chi connectivity index (χ2n) is 4.61. The zero-order valence-corrected chi connectivity index (χ0v) is 13.3. The van der Waals surface area contributed by atoms with Crippen LogP contribution in [0.5, 0.6) is 0 Å². The summed E-state index contributed by atoms with van der Waals surface area (Å²) in [5.41, 5.74) is 8.90. The van der Waals surface area contributed by atoms with E-state index < -0.39 is 6.04 Å². The normalized spacial score (nSPS) is 12.0. The van der Waals surface area contributed by atoms with E-state index in [4.69, 9.17) is 10.5 Å². The molecule has 110 valence electrons. The maximum absolute atomic E-state index is 11.7. The summed E-state index contributed by atoms with van der Waals surface area (Å²) in [6.07, 6.45) is 3.87. The highest BCUT2D eigenvalue weighted by Gasteiger charge is 2.17. The first-order valence-corrected chi connectivity index (χ1v) is 7.52. The number of carbonyl (C=O) groups is 1. The lowest BCUT2D eigenvalue weighted by atomic mass is 9.97. The molecule has 21 heavy (non-hydrogen) atoms. The van der Waals surface area contributed by atoms with Crippen molar-refractivity contribution in [3.8, 4) is 11.1 Å². The molecule has 4 nitrogen and oxygen atoms in total. The van der Waals surface area contributed by atoms with Gasteiger partial charge in [0.15, 0.2) is 0 Å². The Morgan fingerprint density at radius 1 is 1.43 bits per heavy atom. The largest absolute Gasteiger partial charge is 0.465 e. The fourth-order valence-electron chi connectivity index (χ4n) is 2.10. The van der Waals surface area contributed by atoms with Crippen molar-refractivity contribution >= 4 is 21.9 Å². The number of carbonyl (C=O) groups excluding carboxylic acids is 1. The summed E-state index contributed by atoms with van der Waals surface area (Å²) < 4.78 is 5.95. The molecule has 0 saturated heterocycles. The number of aromatic nitrogens is 1. The van der Waals surface area contributed by atoms with E-state index in [1.165, 1.54) is 0 Å². The van der Waals surface area contributed by atoms with E-state index >= 15 is 0 Å². The summed E-state index contributed by atoms with van der Waals surface area (Å²) in [4.78, 5) is 15.8. The van der Waals surface area contributed by atoms with Crippen LogP contribution in [0.1, 0.15) is 12.5 Å². The molecule has 1 aromatic heterocycles. The number of hydrogen-bond acceptors (Lipinski definition) is 4. The van der Waals surface area contributed by atoms with Crippen LogP contribution in [-0.2, 0) is 16.0 Å². The first-order chi connectivity index (χ1) is 10.1. The second kappa shape index (κ2) is 7.33. The third kappa shape index (κ3) is 4.12. The topological polar surface area (TPSA) is 65.2 Å². The van der Waals surface area contributed by atoms with Gasteiger partial charge in [0.25, 0.3) is 0 Å². The molecular formula is C16H17BrN2O2. The van der Waals surface area contributed by atoms with E-state index in [1.54, 1.807) is 19.3 Å². The van der Waals surface area contributed by atoms with Crippen molar-refractivity contribution in [1.29, 1.82) is 0 Å². The van der Waals surface area contributed by atoms with Gasteiger partial charge in [-0.25, -0.2) is 0 Å². The molecule has 5 heteroatoms. The molecule has 1 unspecified atom stereocenters. The van der Waals surface area contributed by atoms with Crippen molar-refractivity contribution in [1.82, 2.24) is 4.98 Å². The van der Waals surface area contributed by atoms with Gasteiger partial charge >= 0.3 is 5.97 Å². The van der Waals surface area contributed by atoms with E-state index in [-0.39, 0.29) is 5.97 Å². The van der Waals surface area contributed by atoms with Crippen LogP contribution >= 0.6 is 15.9 Å². The molecule has 1 atom stereocenters. The fraction of sp³-hybridized carbons (Fsp3) is 0.250. The first-order valence-electron chi connectivity index (χ1n) is 6.73. The number of pyridine rings is 1. The van der Waals surface area contributed by atoms with E-state index in [9.17, 15) is 4.79 Å². The number of ether oxygens (including phenoxy) is 1. The molecule has 0 fully saturated rings. The van der Waals surface area contributed by atoms with Crippen LogP contribution < -0.4 is 5.73 Å². The molecular weight excluding hydrogens is 332 g/mol. The minimum absolute atomic E-state index is 0.331. The summed E-state index contributed by atoms with van der Waals surface area (Å²) in [5, 5.41) is 0. The van der Waals surface area contributed by atoms with Crippen LogP contribution in [0, 0.1) is 0 Å². The Bertz CT molecular complexity index is 631. The van der Waals surface area contributed by atoms with Gasteiger partial charge in [-0.3, -0.25) is 9.78 Å². The summed E-state index contributed by atoms with van der Waals surface area (Å²) in [7, 11) is 0. The molecule has 0 bridgehead atoms. The second-order valence-corrected chi connectivity index (χ2v) is 5.52. The maximum atomic E-state index is 11.7. The molecule has 0 amide bonds. The average molecular weight is 349 g/mol. The van der Waals surface area contributed by atoms with Gasteiger partial charge in [0.05, 0.1) is 6.61 Å². The van der Waals surface area contributed by atoms with Crippen molar-refractivity contribution in [2.24, 2.45) is 5.73 Å². The third-order valence-electron chi connectivity index (χ3n) is 3.07. The Hall–Kier alpha value is -1.72. The summed E-state index contributed by atoms with van der Waals surface area (Å²) in [6.45, 7) is 2.10. The zero-order valence-electron chi connectivity index (χ0n) is 11.8. The van der Waals surface area contributed by atoms with Gasteiger partial charge in [-0.05, 0) is 41.8 Å². The molecule has 0 saturated carbocycles. The Morgan fingerprint density at radius 2 is 2.24 bits per heavy atom. The van der Waals surface area contributed by atoms with Gasteiger partial charge in [-0.2, -0.15) is 0 Å². The molecule has 0 radical (unpaired) electrons. The Balaban J connectivity index is 2.27. The van der Waals surface area contributed by atoms with Gasteiger partial charge in [-0.1, -0.05) is 28.1 Å². The lowest BCUT2D eigenvalue weighted by Crippen LogP contribution is -2.34. The van der Waals surface area contributed by atoms with Crippen molar-refractivity contribution in [3.05, 3.63) is 52.8 Å². The molecule has 2 aromatic rings. The predicted molar refractivity (Wildman–Crippen MR) is 85.7 cm³/mol. The van der Waals surface area contributed by atoms with Crippen LogP contribution in [-0.4, -0.2) is 23.6 Å². The number of benzene rings is 1. The van der Waals surface area contributed by atoms with Crippen molar-refractivity contribution in [2.45, 2.75) is 19.4 Å². The van der Waals surface area contributed by atoms with E-state index in [1.807, 2.05) is 30.3 Å². The maximum Gasteiger partial charge on any atom is 0.323 e. The third-order valence-corrected chi connectivity index (χ3v) is 3.56. The van der Waals surface area contributed by atoms with Gasteiger partial charge < -0.3 is 10.5 Å². The number of rotatable bonds is 5. The molecule has 2 rings (SSSR count). The minimum Gasteiger partial charge on any atom is -0.465 e. The quantitative estimate of drug-likeness (QED) is 0.843. The Labute approximate surface area is 132 Å². The van der Waals surface area contributed by atoms with Crippen LogP contribution in [0.15, 0.2) is 47.2 Å². The first kappa shape index (κ1) is 15.7. The smallest absolute Gasteiger partial charge is 0.323 e. The summed E-state index contributed by atoms with van der Waals surface area (Å²) in [5.74, 6) is -0.387. The van der Waals surface area contributed by atoms with Crippen molar-refractivity contribution < 1.29 is 9.53 Å². The molecule has 1 heterocycles. The molecule has 1 aromatic carbocycles. The highest BCUT2D eigenvalue weighted by molar-refractivity contribution is 9.10. The molecule has 0 aliphatic rings. The highest BCUT2D eigenvalue weighted by atomic mass is 79.9. The summed E-state index contributed by atoms with van der Waals surface area (Å²) in [6, 6.07) is 9.22. The number of hydrogen-bond donors (Lipinski definition) is 1. The monoisotopic (exact) mass is 348 g/mol. The van der Waals surface area contributed by atoms with Crippen molar-refractivity contribution in [3.63, 3.8) is 0 Å². The molecule has 0 aliphatic carbocycles. The number of nitrogens with zero attached hydrogens (tertiary/aromatic N) is 1. The van der Waals surface area contributed by atoms with Crippen molar-refractivity contribution in [2.75, 3.05) is 6.61 Å². The minimum atomic E-state index is -0.681. The number of esters is 1. The Morgan fingerprint density at radius 3 is 2.95 bits per heavy atom. The highest BCUT2D eigenvalue weighted by Crippen LogP contribution is 2.26. The standard InChI is InChI=1S/C16H17BrN2O2/c1-2-21-16(20)15(18)9-12-10-19-7-6-14(12)11-4-3-5-13(17)8-11/h3-8,10,15H,2,9,18H2,1H3. The zero-order chi connectivity index (χ0) is 15.2. The fourth-order valence-corrected chi connectivity index (χ4v) is 2.50. The number of halogens is 1. The average Bonchev–Trinajstić information content (AvgIpc) is 2.48. The predicted octanol–water partition coefficient (Wildman–Crippen LogP) is 2.94. The van der Waals surface area contributed by atoms with Gasteiger partial charge in [-0.15, -0.1) is 0 Å². The molecule has 0 spiro atoms. The van der Waals surface area contributed by atoms with Gasteiger partial charge in [0.2, 0.25) is 0 Å². The summed E-state index contributed by atoms with van der Waals surface area (Å²) >= 11 is 3.46. The number of nitrogens with two attached hydrogens (primary N) is 1. The Kier molecular flexibility index (Phi) is 5.47. The van der Waals surface area contributed by atoms with E-state index in [0.717, 1.165) is 21.2 Å². The van der Waals surface area contributed by atoms with E-state index in [2.05, 4.69) is 20.9 Å². The lowest BCUT2D eigenvalue weighted by molar-refractivity contribution is -0.144. The van der Waals surface area contributed by atoms with Gasteiger partial charge in [0, 0.05) is 23.3 Å². The molecule has 0 aliphatic heterocycles. The van der Waals surface area contributed by atoms with Crippen LogP contribution in [0.2, 0.25) is 0 Å². The van der Waals surface area contributed by atoms with Crippen LogP contribution in [0.3, 0.4) is 0 Å². The van der Waals surface area contributed by atoms with Crippen LogP contribution in [0.25, 0.3) is 11.1 Å². The SMILES string of the molecule is CCOC(=O)C(N)Cc1cnccc1-c1cccc(Br)c1. The lowest BCUT2D eigenvalue weighted by Gasteiger charge is -2.14. The van der Waals surface area contributed by atoms with Crippen LogP contribution in [0.4, 0.5) is 0 Å². The molecule has 2 N–H and O–H groups in total.